The van der Waals surface area contributed by atoms with E-state index in [0.717, 1.165) is 19.4 Å². The fourth-order valence-electron chi connectivity index (χ4n) is 2.49. The highest BCUT2D eigenvalue weighted by atomic mass is 35.5. The first-order valence-electron chi connectivity index (χ1n) is 6.78. The Kier molecular flexibility index (Phi) is 4.64. The molecule has 4 nitrogen and oxygen atoms in total. The minimum Gasteiger partial charge on any atom is -0.373 e. The van der Waals surface area contributed by atoms with Gasteiger partial charge in [-0.1, -0.05) is 24.4 Å². The predicted octanol–water partition coefficient (Wildman–Crippen LogP) is 3.18. The van der Waals surface area contributed by atoms with E-state index in [9.17, 15) is 4.79 Å². The summed E-state index contributed by atoms with van der Waals surface area (Å²) in [6, 6.07) is 3.69. The third-order valence-corrected chi connectivity index (χ3v) is 3.80. The quantitative estimate of drug-likeness (QED) is 0.847. The van der Waals surface area contributed by atoms with Crippen LogP contribution in [0.2, 0.25) is 5.15 Å². The number of hydrogen-bond acceptors (Lipinski definition) is 3. The first-order valence-corrected chi connectivity index (χ1v) is 7.16. The average Bonchev–Trinajstić information content (AvgIpc) is 2.61. The molecule has 1 atom stereocenters. The first-order chi connectivity index (χ1) is 9.11. The molecule has 1 aromatic rings. The number of likely N-dealkylation sites (tertiary alicyclic amines) is 1. The zero-order valence-corrected chi connectivity index (χ0v) is 12.2. The van der Waals surface area contributed by atoms with E-state index in [1.54, 1.807) is 19.2 Å². The van der Waals surface area contributed by atoms with Gasteiger partial charge in [-0.05, 0) is 31.9 Å². The van der Waals surface area contributed by atoms with Gasteiger partial charge in [0.1, 0.15) is 11.0 Å². The minimum absolute atomic E-state index is 0.0511. The standard InChI is InChI=1S/C14H20ClN3O/c1-10-6-4-3-5-7-18(10)14(19)11-8-12(15)17-13(9-11)16-2/h8-10H,3-7H2,1-2H3,(H,16,17). The lowest BCUT2D eigenvalue weighted by Crippen LogP contribution is -2.38. The molecule has 1 amide bonds. The van der Waals surface area contributed by atoms with E-state index in [-0.39, 0.29) is 5.91 Å². The van der Waals surface area contributed by atoms with Gasteiger partial charge in [-0.2, -0.15) is 0 Å². The summed E-state index contributed by atoms with van der Waals surface area (Å²) >= 11 is 5.96. The van der Waals surface area contributed by atoms with Crippen LogP contribution in [0.3, 0.4) is 0 Å². The summed E-state index contributed by atoms with van der Waals surface area (Å²) in [6.45, 7) is 2.94. The van der Waals surface area contributed by atoms with Gasteiger partial charge in [-0.25, -0.2) is 4.98 Å². The monoisotopic (exact) mass is 281 g/mol. The van der Waals surface area contributed by atoms with Crippen LogP contribution in [0.25, 0.3) is 0 Å². The van der Waals surface area contributed by atoms with Crippen molar-refractivity contribution in [1.82, 2.24) is 9.88 Å². The summed E-state index contributed by atoms with van der Waals surface area (Å²) in [5.41, 5.74) is 0.609. The summed E-state index contributed by atoms with van der Waals surface area (Å²) in [4.78, 5) is 18.7. The molecule has 0 spiro atoms. The van der Waals surface area contributed by atoms with Gasteiger partial charge in [0.05, 0.1) is 0 Å². The number of anilines is 1. The van der Waals surface area contributed by atoms with Gasteiger partial charge >= 0.3 is 0 Å². The average molecular weight is 282 g/mol. The van der Waals surface area contributed by atoms with E-state index < -0.39 is 0 Å². The second kappa shape index (κ2) is 6.24. The molecule has 5 heteroatoms. The van der Waals surface area contributed by atoms with Crippen molar-refractivity contribution >= 4 is 23.3 Å². The highest BCUT2D eigenvalue weighted by molar-refractivity contribution is 6.29. The SMILES string of the molecule is CNc1cc(C(=O)N2CCCCCC2C)cc(Cl)n1. The van der Waals surface area contributed by atoms with Crippen molar-refractivity contribution < 1.29 is 4.79 Å². The van der Waals surface area contributed by atoms with Crippen molar-refractivity contribution in [2.45, 2.75) is 38.6 Å². The number of pyridine rings is 1. The van der Waals surface area contributed by atoms with Crippen molar-refractivity contribution in [3.05, 3.63) is 22.8 Å². The highest BCUT2D eigenvalue weighted by Gasteiger charge is 2.23. The second-order valence-electron chi connectivity index (χ2n) is 5.01. The highest BCUT2D eigenvalue weighted by Crippen LogP contribution is 2.21. The molecule has 0 saturated carbocycles. The van der Waals surface area contributed by atoms with Crippen LogP contribution in [0, 0.1) is 0 Å². The molecular formula is C14H20ClN3O. The van der Waals surface area contributed by atoms with Crippen LogP contribution in [-0.2, 0) is 0 Å². The van der Waals surface area contributed by atoms with Gasteiger partial charge in [0.2, 0.25) is 0 Å². The molecule has 0 aromatic carbocycles. The molecule has 2 heterocycles. The molecule has 1 fully saturated rings. The molecule has 1 N–H and O–H groups in total. The van der Waals surface area contributed by atoms with E-state index in [0.29, 0.717) is 22.6 Å². The second-order valence-corrected chi connectivity index (χ2v) is 5.40. The lowest BCUT2D eigenvalue weighted by atomic mass is 10.1. The fourth-order valence-corrected chi connectivity index (χ4v) is 2.70. The number of amides is 1. The molecule has 1 aliphatic heterocycles. The molecule has 0 bridgehead atoms. The minimum atomic E-state index is 0.0511. The summed E-state index contributed by atoms with van der Waals surface area (Å²) < 4.78 is 0. The number of aromatic nitrogens is 1. The maximum absolute atomic E-state index is 12.6. The summed E-state index contributed by atoms with van der Waals surface area (Å²) in [7, 11) is 1.77. The zero-order chi connectivity index (χ0) is 13.8. The molecule has 0 aliphatic carbocycles. The van der Waals surface area contributed by atoms with Crippen molar-refractivity contribution in [3.8, 4) is 0 Å². The molecule has 1 saturated heterocycles. The number of hydrogen-bond donors (Lipinski definition) is 1. The topological polar surface area (TPSA) is 45.2 Å². The van der Waals surface area contributed by atoms with Crippen molar-refractivity contribution in [1.29, 1.82) is 0 Å². The van der Waals surface area contributed by atoms with Gasteiger partial charge in [0.15, 0.2) is 0 Å². The molecule has 19 heavy (non-hydrogen) atoms. The van der Waals surface area contributed by atoms with Crippen LogP contribution in [-0.4, -0.2) is 35.4 Å². The van der Waals surface area contributed by atoms with E-state index in [2.05, 4.69) is 17.2 Å². The summed E-state index contributed by atoms with van der Waals surface area (Å²) in [5.74, 6) is 0.675. The molecular weight excluding hydrogens is 262 g/mol. The number of carbonyl (C=O) groups is 1. The molecule has 0 radical (unpaired) electrons. The van der Waals surface area contributed by atoms with Crippen molar-refractivity contribution in [3.63, 3.8) is 0 Å². The Bertz CT molecular complexity index is 464. The van der Waals surface area contributed by atoms with Crippen LogP contribution in [0.15, 0.2) is 12.1 Å². The van der Waals surface area contributed by atoms with Gasteiger partial charge in [-0.15, -0.1) is 0 Å². The first kappa shape index (κ1) is 14.1. The van der Waals surface area contributed by atoms with Gasteiger partial charge in [-0.3, -0.25) is 4.79 Å². The van der Waals surface area contributed by atoms with Crippen molar-refractivity contribution in [2.75, 3.05) is 18.9 Å². The third-order valence-electron chi connectivity index (χ3n) is 3.61. The Morgan fingerprint density at radius 2 is 2.21 bits per heavy atom. The molecule has 2 rings (SSSR count). The van der Waals surface area contributed by atoms with E-state index in [1.165, 1.54) is 12.8 Å². The largest absolute Gasteiger partial charge is 0.373 e. The molecule has 1 aromatic heterocycles. The van der Waals surface area contributed by atoms with Crippen LogP contribution >= 0.6 is 11.6 Å². The summed E-state index contributed by atoms with van der Waals surface area (Å²) in [6.07, 6.45) is 4.55. The van der Waals surface area contributed by atoms with Crippen LogP contribution in [0.4, 0.5) is 5.82 Å². The summed E-state index contributed by atoms with van der Waals surface area (Å²) in [5, 5.41) is 3.27. The third kappa shape index (κ3) is 3.38. The Hall–Kier alpha value is -1.29. The Balaban J connectivity index is 2.24. The number of nitrogens with one attached hydrogen (secondary N) is 1. The molecule has 1 aliphatic rings. The number of rotatable bonds is 2. The van der Waals surface area contributed by atoms with E-state index >= 15 is 0 Å². The number of halogens is 1. The van der Waals surface area contributed by atoms with Gasteiger partial charge < -0.3 is 10.2 Å². The van der Waals surface area contributed by atoms with Crippen LogP contribution in [0.1, 0.15) is 43.0 Å². The van der Waals surface area contributed by atoms with Gasteiger partial charge in [0.25, 0.3) is 5.91 Å². The lowest BCUT2D eigenvalue weighted by molar-refractivity contribution is 0.0698. The fraction of sp³-hybridized carbons (Fsp3) is 0.571. The normalized spacial score (nSPS) is 19.9. The number of carbonyl (C=O) groups excluding carboxylic acids is 1. The maximum atomic E-state index is 12.6. The predicted molar refractivity (Wildman–Crippen MR) is 77.8 cm³/mol. The van der Waals surface area contributed by atoms with Crippen molar-refractivity contribution in [2.24, 2.45) is 0 Å². The van der Waals surface area contributed by atoms with Crippen LogP contribution in [0.5, 0.6) is 0 Å². The molecule has 1 unspecified atom stereocenters. The maximum Gasteiger partial charge on any atom is 0.254 e. The zero-order valence-electron chi connectivity index (χ0n) is 11.4. The van der Waals surface area contributed by atoms with Gasteiger partial charge in [0, 0.05) is 25.2 Å². The Morgan fingerprint density at radius 1 is 1.42 bits per heavy atom. The Labute approximate surface area is 119 Å². The Morgan fingerprint density at radius 3 is 2.95 bits per heavy atom. The number of nitrogens with zero attached hydrogens (tertiary/aromatic N) is 2. The van der Waals surface area contributed by atoms with Crippen LogP contribution < -0.4 is 5.32 Å². The lowest BCUT2D eigenvalue weighted by Gasteiger charge is -2.27. The van der Waals surface area contributed by atoms with E-state index in [1.807, 2.05) is 4.90 Å². The smallest absolute Gasteiger partial charge is 0.254 e. The molecule has 104 valence electrons. The van der Waals surface area contributed by atoms with E-state index in [4.69, 9.17) is 11.6 Å².